The summed E-state index contributed by atoms with van der Waals surface area (Å²) < 4.78 is 31.4. The summed E-state index contributed by atoms with van der Waals surface area (Å²) >= 11 is 0. The molecule has 0 aliphatic rings. The maximum atomic E-state index is 13.6. The van der Waals surface area contributed by atoms with E-state index in [1.807, 2.05) is 0 Å². The highest BCUT2D eigenvalue weighted by atomic mass is 19.1. The van der Waals surface area contributed by atoms with Gasteiger partial charge in [-0.15, -0.1) is 0 Å². The van der Waals surface area contributed by atoms with E-state index in [1.54, 1.807) is 6.07 Å². The van der Waals surface area contributed by atoms with Gasteiger partial charge in [-0.1, -0.05) is 12.1 Å². The van der Waals surface area contributed by atoms with Crippen molar-refractivity contribution in [1.82, 2.24) is 9.88 Å². The first kappa shape index (κ1) is 14.9. The molecule has 0 saturated heterocycles. The van der Waals surface area contributed by atoms with Crippen molar-refractivity contribution >= 4 is 5.91 Å². The molecule has 0 bridgehead atoms. The van der Waals surface area contributed by atoms with Crippen molar-refractivity contribution in [1.29, 1.82) is 0 Å². The van der Waals surface area contributed by atoms with Crippen LogP contribution in [0.25, 0.3) is 0 Å². The number of rotatable bonds is 4. The molecule has 6 heteroatoms. The zero-order chi connectivity index (χ0) is 15.4. The highest BCUT2D eigenvalue weighted by molar-refractivity contribution is 5.92. The van der Waals surface area contributed by atoms with Crippen LogP contribution in [0, 0.1) is 11.8 Å². The zero-order valence-electron chi connectivity index (χ0n) is 11.6. The second-order valence-electron chi connectivity index (χ2n) is 4.48. The molecule has 1 heterocycles. The van der Waals surface area contributed by atoms with Crippen LogP contribution in [-0.4, -0.2) is 29.9 Å². The van der Waals surface area contributed by atoms with Crippen molar-refractivity contribution in [3.8, 4) is 5.75 Å². The van der Waals surface area contributed by atoms with E-state index in [-0.39, 0.29) is 18.0 Å². The van der Waals surface area contributed by atoms with E-state index in [0.717, 1.165) is 6.07 Å². The number of aromatic nitrogens is 1. The quantitative estimate of drug-likeness (QED) is 0.814. The van der Waals surface area contributed by atoms with Crippen LogP contribution in [-0.2, 0) is 6.54 Å². The lowest BCUT2D eigenvalue weighted by atomic mass is 10.2. The van der Waals surface area contributed by atoms with E-state index in [0.29, 0.717) is 5.56 Å². The van der Waals surface area contributed by atoms with Gasteiger partial charge in [0.15, 0.2) is 11.6 Å². The molecular formula is C15H14F2N2O2. The Morgan fingerprint density at radius 1 is 1.29 bits per heavy atom. The predicted molar refractivity (Wildman–Crippen MR) is 72.9 cm³/mol. The first-order valence-electron chi connectivity index (χ1n) is 6.21. The minimum Gasteiger partial charge on any atom is -0.494 e. The van der Waals surface area contributed by atoms with Gasteiger partial charge in [-0.25, -0.2) is 9.37 Å². The number of ether oxygens (including phenoxy) is 1. The molecule has 0 atom stereocenters. The summed E-state index contributed by atoms with van der Waals surface area (Å²) in [5.74, 6) is -1.52. The molecule has 0 saturated carbocycles. The number of halogens is 2. The van der Waals surface area contributed by atoms with Crippen molar-refractivity contribution in [2.75, 3.05) is 14.2 Å². The minimum atomic E-state index is -0.718. The molecule has 21 heavy (non-hydrogen) atoms. The topological polar surface area (TPSA) is 42.4 Å². The van der Waals surface area contributed by atoms with Crippen LogP contribution in [0.2, 0.25) is 0 Å². The average Bonchev–Trinajstić information content (AvgIpc) is 2.46. The van der Waals surface area contributed by atoms with Crippen LogP contribution in [0.5, 0.6) is 5.75 Å². The predicted octanol–water partition coefficient (Wildman–Crippen LogP) is 2.64. The van der Waals surface area contributed by atoms with Crippen molar-refractivity contribution in [2.45, 2.75) is 6.54 Å². The minimum absolute atomic E-state index is 0.00600. The normalized spacial score (nSPS) is 10.3. The first-order chi connectivity index (χ1) is 10.0. The lowest BCUT2D eigenvalue weighted by Crippen LogP contribution is -2.27. The van der Waals surface area contributed by atoms with Crippen LogP contribution in [0.15, 0.2) is 36.4 Å². The Kier molecular flexibility index (Phi) is 4.47. The van der Waals surface area contributed by atoms with E-state index >= 15 is 0 Å². The highest BCUT2D eigenvalue weighted by Crippen LogP contribution is 2.18. The maximum absolute atomic E-state index is 13.6. The molecule has 0 spiro atoms. The Morgan fingerprint density at radius 3 is 2.67 bits per heavy atom. The number of hydrogen-bond acceptors (Lipinski definition) is 3. The largest absolute Gasteiger partial charge is 0.494 e. The maximum Gasteiger partial charge on any atom is 0.272 e. The number of nitrogens with zero attached hydrogens (tertiary/aromatic N) is 2. The highest BCUT2D eigenvalue weighted by Gasteiger charge is 2.15. The summed E-state index contributed by atoms with van der Waals surface area (Å²) in [7, 11) is 2.92. The molecule has 110 valence electrons. The van der Waals surface area contributed by atoms with Gasteiger partial charge in [0.05, 0.1) is 7.11 Å². The van der Waals surface area contributed by atoms with Gasteiger partial charge in [0.2, 0.25) is 5.95 Å². The molecule has 2 rings (SSSR count). The second kappa shape index (κ2) is 6.30. The standard InChI is InChI=1S/C15H14F2N2O2/c1-19(15(20)12-4-3-5-14(17)18-12)9-10-6-7-13(21-2)11(16)8-10/h3-8H,9H2,1-2H3. The van der Waals surface area contributed by atoms with E-state index < -0.39 is 17.7 Å². The fraction of sp³-hybridized carbons (Fsp3) is 0.200. The SMILES string of the molecule is COc1ccc(CN(C)C(=O)c2cccc(F)n2)cc1F. The lowest BCUT2D eigenvalue weighted by Gasteiger charge is -2.17. The molecule has 0 fully saturated rings. The zero-order valence-corrected chi connectivity index (χ0v) is 11.6. The van der Waals surface area contributed by atoms with Gasteiger partial charge in [-0.3, -0.25) is 4.79 Å². The number of carbonyl (C=O) groups is 1. The summed E-state index contributed by atoms with van der Waals surface area (Å²) in [5.41, 5.74) is 0.604. The van der Waals surface area contributed by atoms with Crippen molar-refractivity contribution in [3.05, 3.63) is 59.4 Å². The summed E-state index contributed by atoms with van der Waals surface area (Å²) in [4.78, 5) is 17.0. The van der Waals surface area contributed by atoms with Crippen LogP contribution >= 0.6 is 0 Å². The number of benzene rings is 1. The molecule has 0 unspecified atom stereocenters. The van der Waals surface area contributed by atoms with Gasteiger partial charge >= 0.3 is 0 Å². The van der Waals surface area contributed by atoms with Gasteiger partial charge in [-0.2, -0.15) is 4.39 Å². The van der Waals surface area contributed by atoms with Crippen molar-refractivity contribution in [2.24, 2.45) is 0 Å². The molecule has 0 aliphatic carbocycles. The van der Waals surface area contributed by atoms with Crippen molar-refractivity contribution < 1.29 is 18.3 Å². The van der Waals surface area contributed by atoms with Crippen LogP contribution < -0.4 is 4.74 Å². The molecule has 1 aromatic heterocycles. The van der Waals surface area contributed by atoms with Gasteiger partial charge in [-0.05, 0) is 29.8 Å². The average molecular weight is 292 g/mol. The fourth-order valence-electron chi connectivity index (χ4n) is 1.88. The molecule has 1 amide bonds. The van der Waals surface area contributed by atoms with E-state index in [9.17, 15) is 13.6 Å². The number of pyridine rings is 1. The first-order valence-corrected chi connectivity index (χ1v) is 6.21. The number of hydrogen-bond donors (Lipinski definition) is 0. The third-order valence-electron chi connectivity index (χ3n) is 2.92. The Morgan fingerprint density at radius 2 is 2.05 bits per heavy atom. The molecule has 0 N–H and O–H groups in total. The number of carbonyl (C=O) groups excluding carboxylic acids is 1. The smallest absolute Gasteiger partial charge is 0.272 e. The molecule has 2 aromatic rings. The lowest BCUT2D eigenvalue weighted by molar-refractivity contribution is 0.0778. The Bertz CT molecular complexity index is 662. The van der Waals surface area contributed by atoms with E-state index in [4.69, 9.17) is 4.74 Å². The summed E-state index contributed by atoms with van der Waals surface area (Å²) in [6.07, 6.45) is 0. The van der Waals surface area contributed by atoms with Crippen LogP contribution in [0.1, 0.15) is 16.1 Å². The summed E-state index contributed by atoms with van der Waals surface area (Å²) in [6, 6.07) is 8.44. The molecule has 1 aromatic carbocycles. The molecule has 0 radical (unpaired) electrons. The fourth-order valence-corrected chi connectivity index (χ4v) is 1.88. The second-order valence-corrected chi connectivity index (χ2v) is 4.48. The molecule has 4 nitrogen and oxygen atoms in total. The van der Waals surface area contributed by atoms with Crippen molar-refractivity contribution in [3.63, 3.8) is 0 Å². The van der Waals surface area contributed by atoms with E-state index in [2.05, 4.69) is 4.98 Å². The summed E-state index contributed by atoms with van der Waals surface area (Å²) in [5, 5.41) is 0. The summed E-state index contributed by atoms with van der Waals surface area (Å²) in [6.45, 7) is 0.179. The van der Waals surface area contributed by atoms with Gasteiger partial charge in [0, 0.05) is 13.6 Å². The van der Waals surface area contributed by atoms with Gasteiger partial charge in [0.1, 0.15) is 5.69 Å². The van der Waals surface area contributed by atoms with Gasteiger partial charge < -0.3 is 9.64 Å². The van der Waals surface area contributed by atoms with E-state index in [1.165, 1.54) is 43.3 Å². The third kappa shape index (κ3) is 3.53. The number of amides is 1. The number of methoxy groups -OCH3 is 1. The molecule has 0 aliphatic heterocycles. The Balaban J connectivity index is 2.12. The monoisotopic (exact) mass is 292 g/mol. The third-order valence-corrected chi connectivity index (χ3v) is 2.92. The molecular weight excluding hydrogens is 278 g/mol. The van der Waals surface area contributed by atoms with Crippen LogP contribution in [0.4, 0.5) is 8.78 Å². The van der Waals surface area contributed by atoms with Crippen LogP contribution in [0.3, 0.4) is 0 Å². The Labute approximate surface area is 121 Å². The Hall–Kier alpha value is -2.50. The van der Waals surface area contributed by atoms with Gasteiger partial charge in [0.25, 0.3) is 5.91 Å².